The highest BCUT2D eigenvalue weighted by atomic mass is 35.5. The van der Waals surface area contributed by atoms with Crippen molar-refractivity contribution in [3.8, 4) is 5.75 Å². The summed E-state index contributed by atoms with van der Waals surface area (Å²) in [6, 6.07) is 16.3. The summed E-state index contributed by atoms with van der Waals surface area (Å²) >= 11 is 6.40. The molecule has 0 saturated carbocycles. The van der Waals surface area contributed by atoms with E-state index in [2.05, 4.69) is 35.0 Å². The lowest BCUT2D eigenvalue weighted by atomic mass is 10.1. The predicted molar refractivity (Wildman–Crippen MR) is 104 cm³/mol. The average Bonchev–Trinajstić information content (AvgIpc) is 2.63. The molecule has 0 amide bonds. The fraction of sp³-hybridized carbons (Fsp3) is 0.429. The summed E-state index contributed by atoms with van der Waals surface area (Å²) in [5, 5.41) is 0.702. The third kappa shape index (κ3) is 5.74. The van der Waals surface area contributed by atoms with Crippen molar-refractivity contribution in [1.29, 1.82) is 0 Å². The van der Waals surface area contributed by atoms with Crippen LogP contribution in [0.25, 0.3) is 0 Å². The third-order valence-electron chi connectivity index (χ3n) is 4.77. The molecule has 0 aliphatic carbocycles. The van der Waals surface area contributed by atoms with Crippen molar-refractivity contribution >= 4 is 11.6 Å². The summed E-state index contributed by atoms with van der Waals surface area (Å²) in [5.74, 6) is 0.758. The Bertz CT molecular complexity index is 654. The molecule has 3 rings (SSSR count). The Labute approximate surface area is 156 Å². The van der Waals surface area contributed by atoms with Gasteiger partial charge in [-0.05, 0) is 49.7 Å². The summed E-state index contributed by atoms with van der Waals surface area (Å²) in [6.07, 6.45) is 2.23. The minimum atomic E-state index is 0.545. The Morgan fingerprint density at radius 1 is 0.960 bits per heavy atom. The van der Waals surface area contributed by atoms with Crippen LogP contribution in [0.1, 0.15) is 17.5 Å². The summed E-state index contributed by atoms with van der Waals surface area (Å²) in [6.45, 7) is 6.44. The van der Waals surface area contributed by atoms with Gasteiger partial charge < -0.3 is 14.5 Å². The van der Waals surface area contributed by atoms with Crippen molar-refractivity contribution in [3.05, 3.63) is 64.7 Å². The summed E-state index contributed by atoms with van der Waals surface area (Å²) in [7, 11) is 2.20. The number of likely N-dealkylation sites (N-methyl/N-ethyl adjacent to an activating group) is 1. The van der Waals surface area contributed by atoms with Gasteiger partial charge in [-0.25, -0.2) is 0 Å². The van der Waals surface area contributed by atoms with E-state index in [-0.39, 0.29) is 0 Å². The number of piperazine rings is 1. The standard InChI is InChI=1S/C21H27ClN2O/c1-23-12-14-24(15-13-23)11-5-8-18-9-10-21(20(22)16-18)25-17-19-6-3-2-4-7-19/h2-4,6-7,9-10,16H,5,8,11-15,17H2,1H3. The van der Waals surface area contributed by atoms with Crippen molar-refractivity contribution in [2.75, 3.05) is 39.8 Å². The van der Waals surface area contributed by atoms with E-state index < -0.39 is 0 Å². The fourth-order valence-corrected chi connectivity index (χ4v) is 3.39. The number of aryl methyl sites for hydroxylation is 1. The molecule has 1 saturated heterocycles. The Morgan fingerprint density at radius 3 is 2.44 bits per heavy atom. The second-order valence-corrected chi connectivity index (χ2v) is 7.19. The molecule has 1 aliphatic rings. The number of hydrogen-bond acceptors (Lipinski definition) is 3. The van der Waals surface area contributed by atoms with Gasteiger partial charge in [0.25, 0.3) is 0 Å². The molecule has 0 N–H and O–H groups in total. The Hall–Kier alpha value is -1.55. The number of benzene rings is 2. The molecule has 0 bridgehead atoms. The van der Waals surface area contributed by atoms with E-state index in [1.807, 2.05) is 30.3 Å². The minimum Gasteiger partial charge on any atom is -0.487 e. The SMILES string of the molecule is CN1CCN(CCCc2ccc(OCc3ccccc3)c(Cl)c2)CC1. The molecule has 25 heavy (non-hydrogen) atoms. The van der Waals surface area contributed by atoms with Crippen molar-refractivity contribution < 1.29 is 4.74 Å². The maximum Gasteiger partial charge on any atom is 0.138 e. The molecule has 2 aromatic carbocycles. The smallest absolute Gasteiger partial charge is 0.138 e. The molecular weight excluding hydrogens is 332 g/mol. The van der Waals surface area contributed by atoms with Gasteiger partial charge in [0, 0.05) is 26.2 Å². The topological polar surface area (TPSA) is 15.7 Å². The highest BCUT2D eigenvalue weighted by molar-refractivity contribution is 6.32. The lowest BCUT2D eigenvalue weighted by molar-refractivity contribution is 0.153. The molecule has 1 heterocycles. The van der Waals surface area contributed by atoms with Gasteiger partial charge >= 0.3 is 0 Å². The van der Waals surface area contributed by atoms with Gasteiger partial charge in [-0.1, -0.05) is 48.0 Å². The lowest BCUT2D eigenvalue weighted by Gasteiger charge is -2.32. The zero-order valence-electron chi connectivity index (χ0n) is 15.0. The normalized spacial score (nSPS) is 16.1. The van der Waals surface area contributed by atoms with Crippen molar-refractivity contribution in [1.82, 2.24) is 9.80 Å². The first kappa shape index (κ1) is 18.2. The Kier molecular flexibility index (Phi) is 6.74. The quantitative estimate of drug-likeness (QED) is 0.741. The molecule has 0 aromatic heterocycles. The van der Waals surface area contributed by atoms with Gasteiger partial charge in [0.1, 0.15) is 12.4 Å². The van der Waals surface area contributed by atoms with Gasteiger partial charge in [-0.15, -0.1) is 0 Å². The maximum atomic E-state index is 6.40. The molecule has 3 nitrogen and oxygen atoms in total. The van der Waals surface area contributed by atoms with Crippen LogP contribution in [0.15, 0.2) is 48.5 Å². The summed E-state index contributed by atoms with van der Waals surface area (Å²) in [4.78, 5) is 4.95. The van der Waals surface area contributed by atoms with Crippen LogP contribution >= 0.6 is 11.6 Å². The number of nitrogens with zero attached hydrogens (tertiary/aromatic N) is 2. The van der Waals surface area contributed by atoms with E-state index in [0.717, 1.165) is 24.3 Å². The van der Waals surface area contributed by atoms with Gasteiger partial charge in [-0.2, -0.15) is 0 Å². The molecule has 1 fully saturated rings. The Morgan fingerprint density at radius 2 is 1.72 bits per heavy atom. The van der Waals surface area contributed by atoms with Gasteiger partial charge in [0.2, 0.25) is 0 Å². The third-order valence-corrected chi connectivity index (χ3v) is 5.06. The van der Waals surface area contributed by atoms with Crippen molar-refractivity contribution in [2.45, 2.75) is 19.4 Å². The maximum absolute atomic E-state index is 6.40. The zero-order chi connectivity index (χ0) is 17.5. The first-order valence-corrected chi connectivity index (χ1v) is 9.44. The first-order chi connectivity index (χ1) is 12.2. The second-order valence-electron chi connectivity index (χ2n) is 6.79. The van der Waals surface area contributed by atoms with Crippen LogP contribution in [0.4, 0.5) is 0 Å². The second kappa shape index (κ2) is 9.23. The van der Waals surface area contributed by atoms with Crippen LogP contribution in [0.5, 0.6) is 5.75 Å². The number of hydrogen-bond donors (Lipinski definition) is 0. The molecule has 0 unspecified atom stereocenters. The molecule has 0 radical (unpaired) electrons. The highest BCUT2D eigenvalue weighted by Gasteiger charge is 2.13. The monoisotopic (exact) mass is 358 g/mol. The molecule has 1 aliphatic heterocycles. The van der Waals surface area contributed by atoms with Crippen LogP contribution < -0.4 is 4.74 Å². The van der Waals surface area contributed by atoms with Crippen molar-refractivity contribution in [2.24, 2.45) is 0 Å². The van der Waals surface area contributed by atoms with Crippen LogP contribution in [0, 0.1) is 0 Å². The van der Waals surface area contributed by atoms with Gasteiger partial charge in [0.15, 0.2) is 0 Å². The predicted octanol–water partition coefficient (Wildman–Crippen LogP) is 4.10. The zero-order valence-corrected chi connectivity index (χ0v) is 15.7. The number of rotatable bonds is 7. The summed E-state index contributed by atoms with van der Waals surface area (Å²) in [5.41, 5.74) is 2.43. The minimum absolute atomic E-state index is 0.545. The number of ether oxygens (including phenoxy) is 1. The molecule has 0 spiro atoms. The van der Waals surface area contributed by atoms with Gasteiger partial charge in [0.05, 0.1) is 5.02 Å². The van der Waals surface area contributed by atoms with Crippen LogP contribution in [0.2, 0.25) is 5.02 Å². The molecular formula is C21H27ClN2O. The lowest BCUT2D eigenvalue weighted by Crippen LogP contribution is -2.44. The number of halogens is 1. The molecule has 4 heteroatoms. The van der Waals surface area contributed by atoms with Crippen LogP contribution in [0.3, 0.4) is 0 Å². The summed E-state index contributed by atoms with van der Waals surface area (Å²) < 4.78 is 5.84. The molecule has 2 aromatic rings. The van der Waals surface area contributed by atoms with Crippen molar-refractivity contribution in [3.63, 3.8) is 0 Å². The van der Waals surface area contributed by atoms with Crippen LogP contribution in [-0.2, 0) is 13.0 Å². The van der Waals surface area contributed by atoms with E-state index in [4.69, 9.17) is 16.3 Å². The largest absolute Gasteiger partial charge is 0.487 e. The Balaban J connectivity index is 1.45. The van der Waals surface area contributed by atoms with E-state index in [1.54, 1.807) is 0 Å². The fourth-order valence-electron chi connectivity index (χ4n) is 3.13. The van der Waals surface area contributed by atoms with E-state index in [1.165, 1.54) is 38.2 Å². The highest BCUT2D eigenvalue weighted by Crippen LogP contribution is 2.27. The first-order valence-electron chi connectivity index (χ1n) is 9.07. The van der Waals surface area contributed by atoms with E-state index in [9.17, 15) is 0 Å². The van der Waals surface area contributed by atoms with Crippen LogP contribution in [-0.4, -0.2) is 49.6 Å². The average molecular weight is 359 g/mol. The van der Waals surface area contributed by atoms with Gasteiger partial charge in [-0.3, -0.25) is 0 Å². The van der Waals surface area contributed by atoms with E-state index in [0.29, 0.717) is 11.6 Å². The molecule has 0 atom stereocenters. The van der Waals surface area contributed by atoms with E-state index >= 15 is 0 Å². The molecule has 134 valence electrons.